The summed E-state index contributed by atoms with van der Waals surface area (Å²) in [5, 5.41) is 30.2. The lowest BCUT2D eigenvalue weighted by Crippen LogP contribution is -2.29. The number of nitriles is 1. The number of aryl methyl sites for hydroxylation is 1. The standard InChI is InChI=1S/C30H32F3N5O2S/c1-4-5-12-36-18(2)13-19(3)37-28(35)24-15-22(9-11-26(24)39)38-17-27(40)23(29(38)41)10-7-20-6-8-21(16-34)25(14-20)30(31,32)33/h6,8-9,11-15,23,29,39,41H,3-5,7,10,17H2,1-2H3,(H2,35,37)/b18-13+,36-12+. The maximum absolute atomic E-state index is 13.3. The molecule has 11 heteroatoms. The second kappa shape index (κ2) is 13.5. The van der Waals surface area contributed by atoms with E-state index in [1.807, 2.05) is 13.1 Å². The van der Waals surface area contributed by atoms with Gasteiger partial charge in [0.05, 0.1) is 34.7 Å². The van der Waals surface area contributed by atoms with Gasteiger partial charge >= 0.3 is 6.18 Å². The number of Topliss-reactive ketones (excluding diaryl/α,β-unsaturated/α-hetero) is 1. The number of ketones is 1. The predicted octanol–water partition coefficient (Wildman–Crippen LogP) is 6.38. The van der Waals surface area contributed by atoms with Crippen molar-refractivity contribution in [2.45, 2.75) is 51.1 Å². The van der Waals surface area contributed by atoms with Crippen molar-refractivity contribution in [3.05, 3.63) is 82.7 Å². The number of anilines is 1. The quantitative estimate of drug-likeness (QED) is 0.112. The molecule has 0 spiro atoms. The van der Waals surface area contributed by atoms with Crippen LogP contribution >= 0.6 is 12.6 Å². The van der Waals surface area contributed by atoms with Gasteiger partial charge in [0.15, 0.2) is 5.78 Å². The van der Waals surface area contributed by atoms with Crippen molar-refractivity contribution in [2.75, 3.05) is 11.4 Å². The number of hydrogen-bond donors (Lipinski definition) is 4. The average molecular weight is 584 g/mol. The van der Waals surface area contributed by atoms with Crippen molar-refractivity contribution in [1.82, 2.24) is 5.32 Å². The van der Waals surface area contributed by atoms with Crippen LogP contribution in [-0.2, 0) is 17.4 Å². The molecule has 0 amide bonds. The first-order chi connectivity index (χ1) is 19.3. The summed E-state index contributed by atoms with van der Waals surface area (Å²) in [6.45, 7) is 7.78. The molecule has 0 aliphatic carbocycles. The minimum atomic E-state index is -4.66. The van der Waals surface area contributed by atoms with Crippen LogP contribution in [0.25, 0.3) is 0 Å². The SMILES string of the molecule is C=C(/C=C(C)/N=C/CCC)NC(=N)c1cc(N2CC(=O)C(CCc3ccc(C#N)c(C(F)(F)F)c3)C2S)ccc1O. The summed E-state index contributed by atoms with van der Waals surface area (Å²) in [5.74, 6) is -0.913. The number of phenols is 1. The number of alkyl halides is 3. The van der Waals surface area contributed by atoms with Crippen LogP contribution in [0.3, 0.4) is 0 Å². The van der Waals surface area contributed by atoms with E-state index in [9.17, 15) is 23.1 Å². The minimum absolute atomic E-state index is 0.0232. The van der Waals surface area contributed by atoms with Gasteiger partial charge in [0.1, 0.15) is 11.6 Å². The number of nitrogens with one attached hydrogen (secondary N) is 2. The number of aromatic hydroxyl groups is 1. The van der Waals surface area contributed by atoms with Crippen LogP contribution in [0.1, 0.15) is 55.4 Å². The largest absolute Gasteiger partial charge is 0.507 e. The first-order valence-corrected chi connectivity index (χ1v) is 13.5. The van der Waals surface area contributed by atoms with E-state index in [4.69, 9.17) is 10.7 Å². The number of benzene rings is 2. The number of hydrogen-bond acceptors (Lipinski definition) is 7. The molecule has 0 bridgehead atoms. The molecule has 2 atom stereocenters. The van der Waals surface area contributed by atoms with Crippen LogP contribution in [0.4, 0.5) is 18.9 Å². The fourth-order valence-electron chi connectivity index (χ4n) is 4.51. The van der Waals surface area contributed by atoms with E-state index in [0.717, 1.165) is 25.0 Å². The van der Waals surface area contributed by atoms with Crippen LogP contribution < -0.4 is 10.2 Å². The van der Waals surface area contributed by atoms with E-state index in [-0.39, 0.29) is 42.3 Å². The number of unbranched alkanes of at least 4 members (excludes halogenated alkanes) is 1. The van der Waals surface area contributed by atoms with Crippen LogP contribution in [-0.4, -0.2) is 34.9 Å². The molecule has 216 valence electrons. The zero-order valence-corrected chi connectivity index (χ0v) is 23.7. The zero-order valence-electron chi connectivity index (χ0n) is 22.8. The summed E-state index contributed by atoms with van der Waals surface area (Å²) in [6.07, 6.45) is 1.12. The number of halogens is 3. The monoisotopic (exact) mass is 583 g/mol. The lowest BCUT2D eigenvalue weighted by molar-refractivity contribution is -0.137. The number of carbonyl (C=O) groups excluding carboxylic acids is 1. The van der Waals surface area contributed by atoms with Crippen LogP contribution in [0.5, 0.6) is 5.75 Å². The molecular weight excluding hydrogens is 551 g/mol. The highest BCUT2D eigenvalue weighted by molar-refractivity contribution is 7.81. The average Bonchev–Trinajstić information content (AvgIpc) is 3.19. The molecule has 0 aromatic heterocycles. The maximum Gasteiger partial charge on any atom is 0.417 e. The highest BCUT2D eigenvalue weighted by Crippen LogP contribution is 2.36. The van der Waals surface area contributed by atoms with Crippen molar-refractivity contribution >= 4 is 36.1 Å². The Morgan fingerprint density at radius 1 is 1.34 bits per heavy atom. The smallest absolute Gasteiger partial charge is 0.417 e. The highest BCUT2D eigenvalue weighted by Gasteiger charge is 2.39. The highest BCUT2D eigenvalue weighted by atomic mass is 32.1. The van der Waals surface area contributed by atoms with Crippen LogP contribution in [0.15, 0.2) is 65.4 Å². The molecule has 1 fully saturated rings. The van der Waals surface area contributed by atoms with Gasteiger partial charge in [-0.2, -0.15) is 31.1 Å². The Morgan fingerprint density at radius 3 is 2.73 bits per heavy atom. The Hall–Kier alpha value is -4.04. The van der Waals surface area contributed by atoms with E-state index in [2.05, 4.69) is 36.4 Å². The van der Waals surface area contributed by atoms with Gasteiger partial charge in [-0.3, -0.25) is 15.2 Å². The summed E-state index contributed by atoms with van der Waals surface area (Å²) in [4.78, 5) is 18.9. The van der Waals surface area contributed by atoms with Gasteiger partial charge in [0.25, 0.3) is 0 Å². The topological polar surface area (TPSA) is 113 Å². The van der Waals surface area contributed by atoms with Crippen molar-refractivity contribution in [1.29, 1.82) is 10.7 Å². The van der Waals surface area contributed by atoms with Gasteiger partial charge in [0, 0.05) is 29.2 Å². The van der Waals surface area contributed by atoms with Gasteiger partial charge in [-0.15, -0.1) is 0 Å². The summed E-state index contributed by atoms with van der Waals surface area (Å²) in [5.41, 5.74) is 0.787. The fourth-order valence-corrected chi connectivity index (χ4v) is 5.04. The number of rotatable bonds is 10. The molecule has 1 heterocycles. The van der Waals surface area contributed by atoms with Gasteiger partial charge in [-0.25, -0.2) is 0 Å². The first-order valence-electron chi connectivity index (χ1n) is 13.0. The molecular formula is C30H32F3N5O2S. The number of amidine groups is 1. The third-order valence-corrected chi connectivity index (χ3v) is 7.27. The van der Waals surface area contributed by atoms with E-state index >= 15 is 0 Å². The van der Waals surface area contributed by atoms with Crippen LogP contribution in [0.2, 0.25) is 0 Å². The molecule has 2 unspecified atom stereocenters. The third kappa shape index (κ3) is 8.01. The maximum atomic E-state index is 13.3. The molecule has 1 saturated heterocycles. The summed E-state index contributed by atoms with van der Waals surface area (Å²) in [7, 11) is 0. The molecule has 2 aromatic carbocycles. The Morgan fingerprint density at radius 2 is 2.07 bits per heavy atom. The van der Waals surface area contributed by atoms with Crippen molar-refractivity contribution in [2.24, 2.45) is 10.9 Å². The number of phenolic OH excluding ortho intramolecular Hbond substituents is 1. The second-order valence-corrected chi connectivity index (χ2v) is 10.3. The minimum Gasteiger partial charge on any atom is -0.507 e. The Kier molecular flexibility index (Phi) is 10.4. The molecule has 0 radical (unpaired) electrons. The number of aliphatic imine (C=N–C) groups is 1. The first kappa shape index (κ1) is 31.5. The van der Waals surface area contributed by atoms with Crippen molar-refractivity contribution in [3.8, 4) is 11.8 Å². The number of thiol groups is 1. The summed E-state index contributed by atoms with van der Waals surface area (Å²) < 4.78 is 40.0. The molecule has 3 N–H and O–H groups in total. The van der Waals surface area contributed by atoms with E-state index in [0.29, 0.717) is 22.6 Å². The Balaban J connectivity index is 1.72. The normalized spacial score (nSPS) is 17.6. The van der Waals surface area contributed by atoms with Crippen molar-refractivity contribution < 1.29 is 23.1 Å². The lowest BCUT2D eigenvalue weighted by atomic mass is 9.95. The number of nitrogens with zero attached hydrogens (tertiary/aromatic N) is 3. The lowest BCUT2D eigenvalue weighted by Gasteiger charge is -2.25. The van der Waals surface area contributed by atoms with Gasteiger partial charge in [-0.1, -0.05) is 26.0 Å². The van der Waals surface area contributed by atoms with Crippen LogP contribution in [0, 0.1) is 22.7 Å². The third-order valence-electron chi connectivity index (χ3n) is 6.64. The van der Waals surface area contributed by atoms with Gasteiger partial charge in [-0.05, 0) is 68.2 Å². The molecule has 1 aliphatic heterocycles. The Bertz CT molecular complexity index is 1430. The molecule has 41 heavy (non-hydrogen) atoms. The Labute approximate surface area is 243 Å². The summed E-state index contributed by atoms with van der Waals surface area (Å²) >= 11 is 4.65. The second-order valence-electron chi connectivity index (χ2n) is 9.76. The fraction of sp³-hybridized carbons (Fsp3) is 0.333. The predicted molar refractivity (Wildman–Crippen MR) is 157 cm³/mol. The molecule has 3 rings (SSSR count). The van der Waals surface area contributed by atoms with Gasteiger partial charge in [0.2, 0.25) is 0 Å². The molecule has 2 aromatic rings. The van der Waals surface area contributed by atoms with Crippen molar-refractivity contribution in [3.63, 3.8) is 0 Å². The summed E-state index contributed by atoms with van der Waals surface area (Å²) in [6, 6.07) is 9.74. The van der Waals surface area contributed by atoms with E-state index in [1.54, 1.807) is 29.2 Å². The van der Waals surface area contributed by atoms with E-state index < -0.39 is 28.6 Å². The number of allylic oxidation sites excluding steroid dienone is 2. The molecule has 0 saturated carbocycles. The van der Waals surface area contributed by atoms with E-state index in [1.165, 1.54) is 12.1 Å². The zero-order chi connectivity index (χ0) is 30.3. The van der Waals surface area contributed by atoms with Gasteiger partial charge < -0.3 is 15.3 Å². The number of carbonyl (C=O) groups is 1. The molecule has 1 aliphatic rings. The molecule has 7 nitrogen and oxygen atoms in total.